The van der Waals surface area contributed by atoms with Crippen molar-refractivity contribution in [2.24, 2.45) is 5.10 Å². The molecule has 0 aliphatic rings. The molecular formula is C19H16BrN3. The molecule has 3 aromatic rings. The zero-order valence-electron chi connectivity index (χ0n) is 12.4. The molecule has 0 fully saturated rings. The normalized spacial score (nSPS) is 11.3. The van der Waals surface area contributed by atoms with Crippen molar-refractivity contribution in [3.05, 3.63) is 94.5 Å². The van der Waals surface area contributed by atoms with Crippen molar-refractivity contribution in [2.45, 2.75) is 0 Å². The lowest BCUT2D eigenvalue weighted by Gasteiger charge is -2.11. The van der Waals surface area contributed by atoms with E-state index in [9.17, 15) is 0 Å². The van der Waals surface area contributed by atoms with Crippen LogP contribution < -0.4 is 11.2 Å². The number of para-hydroxylation sites is 1. The van der Waals surface area contributed by atoms with E-state index in [1.165, 1.54) is 0 Å². The fourth-order valence-electron chi connectivity index (χ4n) is 2.24. The number of nitrogens with two attached hydrogens (primary N) is 1. The van der Waals surface area contributed by atoms with Crippen LogP contribution in [0.15, 0.2) is 88.4 Å². The molecule has 23 heavy (non-hydrogen) atoms. The van der Waals surface area contributed by atoms with Crippen LogP contribution in [0.25, 0.3) is 0 Å². The number of hydrazone groups is 1. The Morgan fingerprint density at radius 2 is 1.52 bits per heavy atom. The summed E-state index contributed by atoms with van der Waals surface area (Å²) in [7, 11) is 0. The van der Waals surface area contributed by atoms with E-state index in [4.69, 9.17) is 5.73 Å². The predicted molar refractivity (Wildman–Crippen MR) is 101 cm³/mol. The van der Waals surface area contributed by atoms with Crippen molar-refractivity contribution in [1.82, 2.24) is 0 Å². The molecule has 0 aliphatic heterocycles. The minimum atomic E-state index is 0.686. The van der Waals surface area contributed by atoms with E-state index >= 15 is 0 Å². The number of nitrogens with one attached hydrogen (secondary N) is 1. The second-order valence-corrected chi connectivity index (χ2v) is 5.95. The zero-order chi connectivity index (χ0) is 16.1. The molecule has 3 aromatic carbocycles. The number of hydrogen-bond donors (Lipinski definition) is 2. The van der Waals surface area contributed by atoms with Gasteiger partial charge in [-0.1, -0.05) is 64.5 Å². The SMILES string of the molecule is Nc1ccc(Br)cc1/C(=N/Nc1ccccc1)c1ccccc1. The van der Waals surface area contributed by atoms with Gasteiger partial charge in [0, 0.05) is 21.3 Å². The third-order valence-electron chi connectivity index (χ3n) is 3.39. The lowest BCUT2D eigenvalue weighted by atomic mass is 10.0. The quantitative estimate of drug-likeness (QED) is 0.392. The third kappa shape index (κ3) is 3.79. The summed E-state index contributed by atoms with van der Waals surface area (Å²) in [6.45, 7) is 0. The second kappa shape index (κ2) is 7.11. The van der Waals surface area contributed by atoms with Gasteiger partial charge in [0.1, 0.15) is 0 Å². The van der Waals surface area contributed by atoms with Gasteiger partial charge in [-0.2, -0.15) is 5.10 Å². The first kappa shape index (κ1) is 15.3. The minimum absolute atomic E-state index is 0.686. The molecule has 0 aromatic heterocycles. The molecule has 114 valence electrons. The summed E-state index contributed by atoms with van der Waals surface area (Å²) < 4.78 is 0.963. The molecule has 0 unspecified atom stereocenters. The third-order valence-corrected chi connectivity index (χ3v) is 3.88. The Bertz CT molecular complexity index is 815. The lowest BCUT2D eigenvalue weighted by molar-refractivity contribution is 1.32. The summed E-state index contributed by atoms with van der Waals surface area (Å²) in [6.07, 6.45) is 0. The Morgan fingerprint density at radius 1 is 0.870 bits per heavy atom. The van der Waals surface area contributed by atoms with Crippen molar-refractivity contribution in [3.8, 4) is 0 Å². The highest BCUT2D eigenvalue weighted by molar-refractivity contribution is 9.10. The fraction of sp³-hybridized carbons (Fsp3) is 0. The highest BCUT2D eigenvalue weighted by Crippen LogP contribution is 2.22. The van der Waals surface area contributed by atoms with Gasteiger partial charge in [-0.3, -0.25) is 5.43 Å². The zero-order valence-corrected chi connectivity index (χ0v) is 14.0. The standard InChI is InChI=1S/C19H16BrN3/c20-15-11-12-18(21)17(13-15)19(14-7-3-1-4-8-14)23-22-16-9-5-2-6-10-16/h1-13,22H,21H2/b23-19+. The van der Waals surface area contributed by atoms with E-state index in [1.54, 1.807) is 0 Å². The predicted octanol–water partition coefficient (Wildman–Crippen LogP) is 4.90. The molecular weight excluding hydrogens is 350 g/mol. The van der Waals surface area contributed by atoms with Crippen molar-refractivity contribution in [2.75, 3.05) is 11.2 Å². The molecule has 3 rings (SSSR count). The first-order valence-corrected chi connectivity index (χ1v) is 8.03. The Hall–Kier alpha value is -2.59. The van der Waals surface area contributed by atoms with Crippen LogP contribution in [0.5, 0.6) is 0 Å². The van der Waals surface area contributed by atoms with Crippen LogP contribution in [0.4, 0.5) is 11.4 Å². The van der Waals surface area contributed by atoms with Crippen LogP contribution in [0, 0.1) is 0 Å². The van der Waals surface area contributed by atoms with E-state index < -0.39 is 0 Å². The summed E-state index contributed by atoms with van der Waals surface area (Å²) in [5, 5.41) is 4.60. The molecule has 0 spiro atoms. The maximum Gasteiger partial charge on any atom is 0.0999 e. The van der Waals surface area contributed by atoms with E-state index in [0.717, 1.165) is 27.0 Å². The van der Waals surface area contributed by atoms with Crippen LogP contribution in [-0.2, 0) is 0 Å². The lowest BCUT2D eigenvalue weighted by Crippen LogP contribution is -2.09. The molecule has 3 nitrogen and oxygen atoms in total. The molecule has 0 saturated heterocycles. The second-order valence-electron chi connectivity index (χ2n) is 5.04. The van der Waals surface area contributed by atoms with Crippen LogP contribution in [0.3, 0.4) is 0 Å². The molecule has 0 bridgehead atoms. The van der Waals surface area contributed by atoms with Gasteiger partial charge in [-0.15, -0.1) is 0 Å². The van der Waals surface area contributed by atoms with Crippen molar-refractivity contribution >= 4 is 33.0 Å². The summed E-state index contributed by atoms with van der Waals surface area (Å²) in [4.78, 5) is 0. The molecule has 0 atom stereocenters. The smallest absolute Gasteiger partial charge is 0.0999 e. The Balaban J connectivity index is 2.05. The number of hydrogen-bond acceptors (Lipinski definition) is 3. The van der Waals surface area contributed by atoms with Crippen LogP contribution >= 0.6 is 15.9 Å². The fourth-order valence-corrected chi connectivity index (χ4v) is 2.60. The summed E-state index contributed by atoms with van der Waals surface area (Å²) >= 11 is 3.50. The van der Waals surface area contributed by atoms with Gasteiger partial charge in [0.2, 0.25) is 0 Å². The van der Waals surface area contributed by atoms with Gasteiger partial charge >= 0.3 is 0 Å². The first-order chi connectivity index (χ1) is 11.2. The number of benzene rings is 3. The Morgan fingerprint density at radius 3 is 2.22 bits per heavy atom. The van der Waals surface area contributed by atoms with Crippen molar-refractivity contribution in [3.63, 3.8) is 0 Å². The van der Waals surface area contributed by atoms with Crippen LogP contribution in [0.2, 0.25) is 0 Å². The molecule has 0 saturated carbocycles. The number of rotatable bonds is 4. The number of anilines is 2. The topological polar surface area (TPSA) is 50.4 Å². The maximum absolute atomic E-state index is 6.17. The number of nitrogens with zero attached hydrogens (tertiary/aromatic N) is 1. The average molecular weight is 366 g/mol. The van der Waals surface area contributed by atoms with Gasteiger partial charge in [-0.05, 0) is 30.3 Å². The first-order valence-electron chi connectivity index (χ1n) is 7.23. The summed E-state index contributed by atoms with van der Waals surface area (Å²) in [5.74, 6) is 0. The van der Waals surface area contributed by atoms with Gasteiger partial charge in [0.05, 0.1) is 11.4 Å². The van der Waals surface area contributed by atoms with Gasteiger partial charge < -0.3 is 5.73 Å². The van der Waals surface area contributed by atoms with Gasteiger partial charge in [-0.25, -0.2) is 0 Å². The molecule has 4 heteroatoms. The molecule has 3 N–H and O–H groups in total. The van der Waals surface area contributed by atoms with Crippen molar-refractivity contribution in [1.29, 1.82) is 0 Å². The molecule has 0 amide bonds. The Kier molecular flexibility index (Phi) is 4.74. The van der Waals surface area contributed by atoms with E-state index in [0.29, 0.717) is 5.69 Å². The average Bonchev–Trinajstić information content (AvgIpc) is 2.60. The Labute approximate surface area is 144 Å². The molecule has 0 radical (unpaired) electrons. The van der Waals surface area contributed by atoms with Crippen molar-refractivity contribution < 1.29 is 0 Å². The van der Waals surface area contributed by atoms with E-state index in [2.05, 4.69) is 26.5 Å². The number of nitrogen functional groups attached to an aromatic ring is 1. The molecule has 0 aliphatic carbocycles. The summed E-state index contributed by atoms with van der Waals surface area (Å²) in [5.41, 5.74) is 13.6. The minimum Gasteiger partial charge on any atom is -0.398 e. The maximum atomic E-state index is 6.17. The highest BCUT2D eigenvalue weighted by Gasteiger charge is 2.11. The largest absolute Gasteiger partial charge is 0.398 e. The van der Waals surface area contributed by atoms with Crippen LogP contribution in [-0.4, -0.2) is 5.71 Å². The molecule has 0 heterocycles. The summed E-state index contributed by atoms with van der Waals surface area (Å²) in [6, 6.07) is 25.6. The van der Waals surface area contributed by atoms with E-state index in [-0.39, 0.29) is 0 Å². The van der Waals surface area contributed by atoms with Gasteiger partial charge in [0.25, 0.3) is 0 Å². The highest BCUT2D eigenvalue weighted by atomic mass is 79.9. The number of halogens is 1. The monoisotopic (exact) mass is 365 g/mol. The van der Waals surface area contributed by atoms with Gasteiger partial charge in [0.15, 0.2) is 0 Å². The van der Waals surface area contributed by atoms with E-state index in [1.807, 2.05) is 78.9 Å². The van der Waals surface area contributed by atoms with Crippen LogP contribution in [0.1, 0.15) is 11.1 Å².